The van der Waals surface area contributed by atoms with Crippen molar-refractivity contribution in [3.8, 4) is 5.75 Å². The Hall–Kier alpha value is -1.26. The largest absolute Gasteiger partial charge is 0.491 e. The summed E-state index contributed by atoms with van der Waals surface area (Å²) >= 11 is 5.91. The van der Waals surface area contributed by atoms with E-state index in [0.717, 1.165) is 6.42 Å². The highest BCUT2D eigenvalue weighted by atomic mass is 35.5. The molecule has 0 spiro atoms. The van der Waals surface area contributed by atoms with Gasteiger partial charge in [0.1, 0.15) is 11.9 Å². The van der Waals surface area contributed by atoms with Gasteiger partial charge in [0, 0.05) is 12.1 Å². The van der Waals surface area contributed by atoms with E-state index in [0.29, 0.717) is 23.1 Å². The van der Waals surface area contributed by atoms with Gasteiger partial charge in [-0.05, 0) is 31.5 Å². The van der Waals surface area contributed by atoms with Crippen LogP contribution in [0.2, 0.25) is 5.02 Å². The molecule has 1 unspecified atom stereocenters. The highest BCUT2D eigenvalue weighted by molar-refractivity contribution is 6.31. The average molecular weight is 272 g/mol. The number of rotatable bonds is 6. The highest BCUT2D eigenvalue weighted by Gasteiger charge is 2.14. The fourth-order valence-corrected chi connectivity index (χ4v) is 1.45. The molecule has 18 heavy (non-hydrogen) atoms. The van der Waals surface area contributed by atoms with Crippen molar-refractivity contribution < 1.29 is 14.3 Å². The van der Waals surface area contributed by atoms with Crippen molar-refractivity contribution in [2.45, 2.75) is 26.4 Å². The maximum Gasteiger partial charge on any atom is 0.253 e. The number of hydrogen-bond donors (Lipinski definition) is 1. The van der Waals surface area contributed by atoms with E-state index >= 15 is 0 Å². The van der Waals surface area contributed by atoms with Crippen LogP contribution in [-0.4, -0.2) is 25.7 Å². The van der Waals surface area contributed by atoms with Crippen molar-refractivity contribution in [3.05, 3.63) is 23.2 Å². The molecule has 1 aromatic carbocycles. The van der Waals surface area contributed by atoms with Crippen LogP contribution in [0.1, 0.15) is 20.3 Å². The molecule has 0 aromatic heterocycles. The van der Waals surface area contributed by atoms with E-state index in [1.165, 1.54) is 7.11 Å². The van der Waals surface area contributed by atoms with E-state index in [9.17, 15) is 4.79 Å². The third-order valence-electron chi connectivity index (χ3n) is 2.38. The third kappa shape index (κ3) is 4.20. The van der Waals surface area contributed by atoms with Gasteiger partial charge in [-0.15, -0.1) is 0 Å². The summed E-state index contributed by atoms with van der Waals surface area (Å²) in [7, 11) is 1.48. The van der Waals surface area contributed by atoms with E-state index in [2.05, 4.69) is 5.32 Å². The van der Waals surface area contributed by atoms with Crippen molar-refractivity contribution in [2.75, 3.05) is 19.0 Å². The molecule has 1 atom stereocenters. The smallest absolute Gasteiger partial charge is 0.253 e. The molecule has 0 aliphatic carbocycles. The van der Waals surface area contributed by atoms with Gasteiger partial charge in [0.15, 0.2) is 0 Å². The van der Waals surface area contributed by atoms with Crippen LogP contribution in [0.5, 0.6) is 5.75 Å². The zero-order valence-corrected chi connectivity index (χ0v) is 11.6. The number of methoxy groups -OCH3 is 1. The Labute approximate surface area is 112 Å². The van der Waals surface area contributed by atoms with Crippen LogP contribution < -0.4 is 10.1 Å². The molecule has 0 saturated carbocycles. The molecule has 0 radical (unpaired) electrons. The normalized spacial score (nSPS) is 12.0. The Kier molecular flexibility index (Phi) is 5.95. The summed E-state index contributed by atoms with van der Waals surface area (Å²) in [6, 6.07) is 5.12. The lowest BCUT2D eigenvalue weighted by Crippen LogP contribution is -2.26. The SMILES string of the molecule is CCCOc1ccc(Cl)cc1NC(=O)C(C)OC. The van der Waals surface area contributed by atoms with Crippen LogP contribution in [0.15, 0.2) is 18.2 Å². The zero-order valence-electron chi connectivity index (χ0n) is 10.8. The van der Waals surface area contributed by atoms with Gasteiger partial charge in [-0.2, -0.15) is 0 Å². The van der Waals surface area contributed by atoms with Crippen LogP contribution in [-0.2, 0) is 9.53 Å². The molecule has 1 N–H and O–H groups in total. The number of carbonyl (C=O) groups is 1. The molecule has 100 valence electrons. The van der Waals surface area contributed by atoms with E-state index in [1.807, 2.05) is 6.92 Å². The van der Waals surface area contributed by atoms with Crippen molar-refractivity contribution in [3.63, 3.8) is 0 Å². The predicted molar refractivity (Wildman–Crippen MR) is 72.3 cm³/mol. The molecule has 1 amide bonds. The first-order valence-corrected chi connectivity index (χ1v) is 6.22. The standard InChI is InChI=1S/C13H18ClNO3/c1-4-7-18-12-6-5-10(14)8-11(12)15-13(16)9(2)17-3/h5-6,8-9H,4,7H2,1-3H3,(H,15,16). The number of hydrogen-bond acceptors (Lipinski definition) is 3. The van der Waals surface area contributed by atoms with Crippen molar-refractivity contribution in [2.24, 2.45) is 0 Å². The second kappa shape index (κ2) is 7.24. The Morgan fingerprint density at radius 1 is 1.50 bits per heavy atom. The second-order valence-electron chi connectivity index (χ2n) is 3.86. The van der Waals surface area contributed by atoms with Crippen molar-refractivity contribution in [1.29, 1.82) is 0 Å². The van der Waals surface area contributed by atoms with Gasteiger partial charge in [-0.3, -0.25) is 4.79 Å². The molecule has 1 aromatic rings. The lowest BCUT2D eigenvalue weighted by atomic mass is 10.2. The molecular formula is C13H18ClNO3. The van der Waals surface area contributed by atoms with Crippen LogP contribution in [0.25, 0.3) is 0 Å². The first-order valence-electron chi connectivity index (χ1n) is 5.84. The molecular weight excluding hydrogens is 254 g/mol. The van der Waals surface area contributed by atoms with Crippen LogP contribution in [0, 0.1) is 0 Å². The van der Waals surface area contributed by atoms with Crippen LogP contribution in [0.4, 0.5) is 5.69 Å². The summed E-state index contributed by atoms with van der Waals surface area (Å²) in [5, 5.41) is 3.28. The molecule has 4 nitrogen and oxygen atoms in total. The quantitative estimate of drug-likeness (QED) is 0.865. The zero-order chi connectivity index (χ0) is 13.5. The lowest BCUT2D eigenvalue weighted by molar-refractivity contribution is -0.124. The van der Waals surface area contributed by atoms with Crippen molar-refractivity contribution in [1.82, 2.24) is 0 Å². The Morgan fingerprint density at radius 2 is 2.22 bits per heavy atom. The summed E-state index contributed by atoms with van der Waals surface area (Å²) < 4.78 is 10.5. The molecule has 0 heterocycles. The lowest BCUT2D eigenvalue weighted by Gasteiger charge is -2.14. The minimum Gasteiger partial charge on any atom is -0.491 e. The van der Waals surface area contributed by atoms with Crippen LogP contribution >= 0.6 is 11.6 Å². The minimum absolute atomic E-state index is 0.235. The molecule has 0 aliphatic heterocycles. The summed E-state index contributed by atoms with van der Waals surface area (Å²) in [4.78, 5) is 11.7. The Bertz CT molecular complexity index is 409. The summed E-state index contributed by atoms with van der Waals surface area (Å²) in [6.45, 7) is 4.28. The fraction of sp³-hybridized carbons (Fsp3) is 0.462. The molecule has 0 fully saturated rings. The molecule has 0 saturated heterocycles. The Balaban J connectivity index is 2.84. The maximum atomic E-state index is 11.7. The van der Waals surface area contributed by atoms with Crippen LogP contribution in [0.3, 0.4) is 0 Å². The van der Waals surface area contributed by atoms with Gasteiger partial charge in [0.25, 0.3) is 5.91 Å². The molecule has 5 heteroatoms. The highest BCUT2D eigenvalue weighted by Crippen LogP contribution is 2.28. The van der Waals surface area contributed by atoms with E-state index in [-0.39, 0.29) is 5.91 Å². The third-order valence-corrected chi connectivity index (χ3v) is 2.62. The number of amides is 1. The van der Waals surface area contributed by atoms with Gasteiger partial charge < -0.3 is 14.8 Å². The summed E-state index contributed by atoms with van der Waals surface area (Å²) in [5.41, 5.74) is 0.560. The average Bonchev–Trinajstić information content (AvgIpc) is 2.36. The van der Waals surface area contributed by atoms with E-state index < -0.39 is 6.10 Å². The van der Waals surface area contributed by atoms with E-state index in [4.69, 9.17) is 21.1 Å². The van der Waals surface area contributed by atoms with Gasteiger partial charge in [0.2, 0.25) is 0 Å². The first-order chi connectivity index (χ1) is 8.58. The van der Waals surface area contributed by atoms with E-state index in [1.54, 1.807) is 25.1 Å². The van der Waals surface area contributed by atoms with Gasteiger partial charge in [-0.1, -0.05) is 18.5 Å². The monoisotopic (exact) mass is 271 g/mol. The maximum absolute atomic E-state index is 11.7. The van der Waals surface area contributed by atoms with Gasteiger partial charge in [0.05, 0.1) is 12.3 Å². The number of nitrogens with one attached hydrogen (secondary N) is 1. The number of benzene rings is 1. The summed E-state index contributed by atoms with van der Waals surface area (Å²) in [6.07, 6.45) is 0.368. The number of ether oxygens (including phenoxy) is 2. The predicted octanol–water partition coefficient (Wildman–Crippen LogP) is 3.10. The van der Waals surface area contributed by atoms with Gasteiger partial charge in [-0.25, -0.2) is 0 Å². The summed E-state index contributed by atoms with van der Waals surface area (Å²) in [5.74, 6) is 0.374. The second-order valence-corrected chi connectivity index (χ2v) is 4.29. The minimum atomic E-state index is -0.525. The first kappa shape index (κ1) is 14.8. The number of halogens is 1. The molecule has 0 bridgehead atoms. The molecule has 0 aliphatic rings. The van der Waals surface area contributed by atoms with Crippen molar-refractivity contribution >= 4 is 23.2 Å². The molecule has 1 rings (SSSR count). The fourth-order valence-electron chi connectivity index (χ4n) is 1.28. The topological polar surface area (TPSA) is 47.6 Å². The Morgan fingerprint density at radius 3 is 2.83 bits per heavy atom. The number of carbonyl (C=O) groups excluding carboxylic acids is 1. The number of anilines is 1. The van der Waals surface area contributed by atoms with Gasteiger partial charge >= 0.3 is 0 Å².